The molecule has 0 atom stereocenters. The van der Waals surface area contributed by atoms with Gasteiger partial charge in [0.25, 0.3) is 0 Å². The Labute approximate surface area is 35.9 Å². The predicted octanol–water partition coefficient (Wildman–Crippen LogP) is 0.299. The van der Waals surface area contributed by atoms with Gasteiger partial charge in [-0.3, -0.25) is 0 Å². The molecule has 0 fully saturated rings. The molecule has 0 aromatic heterocycles. The van der Waals surface area contributed by atoms with E-state index in [1.54, 1.807) is 0 Å². The molecule has 0 aliphatic rings. The summed E-state index contributed by atoms with van der Waals surface area (Å²) in [5, 5.41) is 6.50. The van der Waals surface area contributed by atoms with Crippen molar-refractivity contribution in [1.82, 2.24) is 6.15 Å². The molecule has 4 heavy (non-hydrogen) atoms. The van der Waals surface area contributed by atoms with Crippen LogP contribution in [0.15, 0.2) is 0 Å². The molecule has 3 heteroatoms. The molecule has 0 aliphatic carbocycles. The first kappa shape index (κ1) is 37.2. The second kappa shape index (κ2) is 12400. The van der Waals surface area contributed by atoms with Crippen LogP contribution in [0.4, 0.5) is 0 Å². The first-order valence-electron chi connectivity index (χ1n) is 0.258. The van der Waals surface area contributed by atoms with Crippen molar-refractivity contribution in [2.45, 2.75) is 0 Å². The van der Waals surface area contributed by atoms with Crippen molar-refractivity contribution in [3.63, 3.8) is 0 Å². The third-order valence-corrected chi connectivity index (χ3v) is 0. The maximum atomic E-state index is 6.50. The minimum Gasteiger partial charge on any atom is -0.344 e. The van der Waals surface area contributed by atoms with Gasteiger partial charge in [-0.25, -0.2) is 5.26 Å². The number of nitriles is 1. The van der Waals surface area contributed by atoms with Crippen molar-refractivity contribution in [2.24, 2.45) is 0 Å². The Morgan fingerprint density at radius 1 is 1.25 bits per heavy atom. The van der Waals surface area contributed by atoms with E-state index in [4.69, 9.17) is 5.26 Å². The van der Waals surface area contributed by atoms with Crippen LogP contribution >= 0.6 is 0 Å². The van der Waals surface area contributed by atoms with Crippen LogP contribution in [0.25, 0.3) is 0 Å². The van der Waals surface area contributed by atoms with Crippen molar-refractivity contribution in [3.8, 4) is 6.57 Å². The van der Waals surface area contributed by atoms with Gasteiger partial charge in [0, 0.05) is 23.6 Å². The van der Waals surface area contributed by atoms with Gasteiger partial charge in [0.2, 0.25) is 0 Å². The molecule has 2 nitrogen and oxygen atoms in total. The van der Waals surface area contributed by atoms with Crippen molar-refractivity contribution >= 4 is 0 Å². The fourth-order valence-corrected chi connectivity index (χ4v) is 0. The molecule has 0 aliphatic heterocycles. The maximum absolute atomic E-state index is 6.50. The summed E-state index contributed by atoms with van der Waals surface area (Å²) in [7, 11) is 0. The fraction of sp³-hybridized carbons (Fsp3) is 0. The maximum Gasteiger partial charge on any atom is 0.0462 e. The molecular weight excluding hydrogens is 95.9 g/mol. The van der Waals surface area contributed by atoms with Gasteiger partial charge in [0.15, 0.2) is 0 Å². The van der Waals surface area contributed by atoms with E-state index in [0.717, 1.165) is 0 Å². The topological polar surface area (TPSA) is 58.8 Å². The number of hydrogen-bond acceptors (Lipinski definition) is 2. The van der Waals surface area contributed by atoms with Gasteiger partial charge >= 0.3 is 0 Å². The van der Waals surface area contributed by atoms with Crippen molar-refractivity contribution in [2.75, 3.05) is 0 Å². The predicted molar refractivity (Wildman–Crippen MR) is 11.7 cm³/mol. The zero-order chi connectivity index (χ0) is 2.00. The van der Waals surface area contributed by atoms with Crippen molar-refractivity contribution in [1.29, 1.82) is 5.26 Å². The zero-order valence-electron chi connectivity index (χ0n) is 2.09. The molecule has 0 saturated heterocycles. The summed E-state index contributed by atoms with van der Waals surface area (Å²) in [6.07, 6.45) is 0. The first-order valence-corrected chi connectivity index (χ1v) is 0.258. The monoisotopic (exact) mass is 100.0 g/mol. The largest absolute Gasteiger partial charge is 0.344 e. The van der Waals surface area contributed by atoms with Gasteiger partial charge in [-0.15, -0.1) is 0 Å². The molecule has 0 bridgehead atoms. The molecule has 26 valence electrons. The van der Waals surface area contributed by atoms with Gasteiger partial charge in [-0.2, -0.15) is 0 Å². The summed E-state index contributed by atoms with van der Waals surface area (Å²) < 4.78 is 0. The third-order valence-electron chi connectivity index (χ3n) is 0. The Morgan fingerprint density at radius 2 is 1.25 bits per heavy atom. The van der Waals surface area contributed by atoms with Crippen LogP contribution in [0.5, 0.6) is 0 Å². The molecule has 3 N–H and O–H groups in total. The van der Waals surface area contributed by atoms with Gasteiger partial charge < -0.3 is 6.15 Å². The minimum absolute atomic E-state index is 0. The summed E-state index contributed by atoms with van der Waals surface area (Å²) in [4.78, 5) is 0. The van der Waals surface area contributed by atoms with Crippen LogP contribution in [-0.2, 0) is 17.1 Å². The zero-order valence-corrected chi connectivity index (χ0v) is 3.19. The van der Waals surface area contributed by atoms with Crippen LogP contribution in [-0.4, -0.2) is 0 Å². The Kier molecular flexibility index (Phi) is 115000. The van der Waals surface area contributed by atoms with Crippen molar-refractivity contribution in [3.05, 3.63) is 0 Å². The van der Waals surface area contributed by atoms with E-state index in [1.807, 2.05) is 0 Å². The molecule has 0 heterocycles. The molecule has 0 aromatic rings. The molecule has 0 rings (SSSR count). The number of hydrogen-bond donors (Lipinski definition) is 1. The molecule has 0 radical (unpaired) electrons. The Hall–Kier alpha value is -0.0305. The van der Waals surface area contributed by atoms with Crippen LogP contribution in [0.2, 0.25) is 0 Å². The van der Waals surface area contributed by atoms with Gasteiger partial charge in [0.1, 0.15) is 0 Å². The van der Waals surface area contributed by atoms with E-state index in [-0.39, 0.29) is 23.2 Å². The summed E-state index contributed by atoms with van der Waals surface area (Å²) in [5.41, 5.74) is 0. The van der Waals surface area contributed by atoms with Gasteiger partial charge in [-0.05, 0) is 0 Å². The first-order chi connectivity index (χ1) is 1.00. The standard InChI is InChI=1S/CHN.Fe.H3N/c1-2;;/h1H;;1H3. The SMILES string of the molecule is C#N.N.[Fe]. The average molecular weight is 99.9 g/mol. The molecule has 0 unspecified atom stereocenters. The van der Waals surface area contributed by atoms with Crippen molar-refractivity contribution < 1.29 is 17.1 Å². The molecule has 0 aromatic carbocycles. The molecule has 0 saturated carbocycles. The smallest absolute Gasteiger partial charge is 0.0462 e. The van der Waals surface area contributed by atoms with E-state index in [2.05, 4.69) is 6.57 Å². The van der Waals surface area contributed by atoms with Gasteiger partial charge in [0.05, 0.1) is 0 Å². The third kappa shape index (κ3) is 1990. The normalized spacial score (nSPS) is 0.500. The average Bonchev–Trinajstić information content (AvgIpc) is 1.00. The van der Waals surface area contributed by atoms with E-state index < -0.39 is 0 Å². The minimum atomic E-state index is 0. The number of rotatable bonds is 0. The van der Waals surface area contributed by atoms with E-state index in [0.29, 0.717) is 0 Å². The number of nitrogens with zero attached hydrogens (tertiary/aromatic N) is 1. The van der Waals surface area contributed by atoms with Gasteiger partial charge in [-0.1, -0.05) is 0 Å². The fourth-order valence-electron chi connectivity index (χ4n) is 0. The Morgan fingerprint density at radius 3 is 1.25 bits per heavy atom. The second-order valence-electron chi connectivity index (χ2n) is 0. The Bertz CT molecular complexity index is 10.8. The van der Waals surface area contributed by atoms with E-state index in [9.17, 15) is 0 Å². The summed E-state index contributed by atoms with van der Waals surface area (Å²) in [6, 6.07) is 0. The summed E-state index contributed by atoms with van der Waals surface area (Å²) in [6.45, 7) is 3.50. The molecule has 0 amide bonds. The van der Waals surface area contributed by atoms with Crippen LogP contribution < -0.4 is 6.15 Å². The molecule has 0 spiro atoms. The van der Waals surface area contributed by atoms with E-state index in [1.165, 1.54) is 0 Å². The summed E-state index contributed by atoms with van der Waals surface area (Å²) in [5.74, 6) is 0. The quantitative estimate of drug-likeness (QED) is 0.445. The molecular formula is CH4FeN2. The summed E-state index contributed by atoms with van der Waals surface area (Å²) >= 11 is 0. The van der Waals surface area contributed by atoms with Crippen LogP contribution in [0, 0.1) is 11.8 Å². The van der Waals surface area contributed by atoms with Crippen LogP contribution in [0.3, 0.4) is 0 Å². The Balaban J connectivity index is -0.00000000500. The van der Waals surface area contributed by atoms with E-state index >= 15 is 0 Å². The second-order valence-corrected chi connectivity index (χ2v) is 0. The van der Waals surface area contributed by atoms with Crippen LogP contribution in [0.1, 0.15) is 0 Å².